The molecule has 2 aromatic rings. The molecule has 0 amide bonds. The second-order valence-corrected chi connectivity index (χ2v) is 3.61. The fourth-order valence-corrected chi connectivity index (χ4v) is 1.78. The Balaban J connectivity index is 2.54. The molecule has 0 unspecified atom stereocenters. The Morgan fingerprint density at radius 3 is 2.56 bits per heavy atom. The van der Waals surface area contributed by atoms with Crippen molar-refractivity contribution in [3.8, 4) is 11.8 Å². The summed E-state index contributed by atoms with van der Waals surface area (Å²) in [6, 6.07) is 11.3. The van der Waals surface area contributed by atoms with Crippen molar-refractivity contribution in [2.24, 2.45) is 0 Å². The first-order chi connectivity index (χ1) is 7.74. The number of hydrogen-bond acceptors (Lipinski definition) is 2. The van der Waals surface area contributed by atoms with Crippen LogP contribution < -0.4 is 0 Å². The van der Waals surface area contributed by atoms with E-state index in [1.165, 1.54) is 0 Å². The maximum Gasteiger partial charge on any atom is 0.166 e. The van der Waals surface area contributed by atoms with E-state index in [4.69, 9.17) is 5.26 Å². The summed E-state index contributed by atoms with van der Waals surface area (Å²) in [5.41, 5.74) is 2.57. The van der Waals surface area contributed by atoms with E-state index in [9.17, 15) is 5.11 Å². The Morgan fingerprint density at radius 2 is 1.94 bits per heavy atom. The number of rotatable bonds is 2. The summed E-state index contributed by atoms with van der Waals surface area (Å²) in [6.07, 6.45) is 2.81. The van der Waals surface area contributed by atoms with Gasteiger partial charge in [-0.05, 0) is 36.2 Å². The molecule has 0 aliphatic carbocycles. The Bertz CT molecular complexity index is 523. The van der Waals surface area contributed by atoms with Gasteiger partial charge >= 0.3 is 0 Å². The standard InChI is InChI=1S/C13H12N2O/c1-10-11(13(16)9-14)5-4-6-12(10)15-7-2-3-8-15/h2-8,13,16H,1H3/t13-/m0/s1. The normalized spacial score (nSPS) is 12.1. The van der Waals surface area contributed by atoms with E-state index in [0.717, 1.165) is 11.3 Å². The number of aliphatic hydroxyl groups is 1. The van der Waals surface area contributed by atoms with E-state index in [2.05, 4.69) is 0 Å². The van der Waals surface area contributed by atoms with Crippen LogP contribution in [0.15, 0.2) is 42.7 Å². The van der Waals surface area contributed by atoms with Crippen LogP contribution in [0.25, 0.3) is 5.69 Å². The van der Waals surface area contributed by atoms with Gasteiger partial charge in [0.25, 0.3) is 0 Å². The van der Waals surface area contributed by atoms with Gasteiger partial charge in [-0.3, -0.25) is 0 Å². The molecule has 3 heteroatoms. The SMILES string of the molecule is Cc1c([C@@H](O)C#N)cccc1-n1cccc1. The van der Waals surface area contributed by atoms with Crippen molar-refractivity contribution in [2.75, 3.05) is 0 Å². The maximum atomic E-state index is 9.56. The number of aromatic nitrogens is 1. The fourth-order valence-electron chi connectivity index (χ4n) is 1.78. The van der Waals surface area contributed by atoms with Gasteiger partial charge in [0.15, 0.2) is 6.10 Å². The van der Waals surface area contributed by atoms with Gasteiger partial charge in [0.2, 0.25) is 0 Å². The lowest BCUT2D eigenvalue weighted by Crippen LogP contribution is -2.01. The molecular weight excluding hydrogens is 200 g/mol. The molecule has 80 valence electrons. The summed E-state index contributed by atoms with van der Waals surface area (Å²) in [7, 11) is 0. The summed E-state index contributed by atoms with van der Waals surface area (Å²) < 4.78 is 1.96. The first kappa shape index (κ1) is 10.5. The Hall–Kier alpha value is -2.05. The summed E-state index contributed by atoms with van der Waals surface area (Å²) in [4.78, 5) is 0. The zero-order valence-corrected chi connectivity index (χ0v) is 8.96. The lowest BCUT2D eigenvalue weighted by Gasteiger charge is -2.12. The molecule has 1 aromatic heterocycles. The second-order valence-electron chi connectivity index (χ2n) is 3.61. The number of aliphatic hydroxyl groups excluding tert-OH is 1. The lowest BCUT2D eigenvalue weighted by molar-refractivity contribution is 0.235. The topological polar surface area (TPSA) is 48.9 Å². The molecule has 2 rings (SSSR count). The summed E-state index contributed by atoms with van der Waals surface area (Å²) >= 11 is 0. The van der Waals surface area contributed by atoms with Crippen LogP contribution in [0.4, 0.5) is 0 Å². The molecule has 0 radical (unpaired) electrons. The lowest BCUT2D eigenvalue weighted by atomic mass is 10.0. The average molecular weight is 212 g/mol. The molecule has 0 spiro atoms. The number of benzene rings is 1. The van der Waals surface area contributed by atoms with Gasteiger partial charge in [-0.2, -0.15) is 5.26 Å². The molecule has 0 aliphatic rings. The third-order valence-electron chi connectivity index (χ3n) is 2.65. The second kappa shape index (κ2) is 4.21. The van der Waals surface area contributed by atoms with Gasteiger partial charge in [-0.1, -0.05) is 12.1 Å². The highest BCUT2D eigenvalue weighted by molar-refractivity contribution is 5.47. The zero-order valence-electron chi connectivity index (χ0n) is 8.96. The van der Waals surface area contributed by atoms with E-state index >= 15 is 0 Å². The van der Waals surface area contributed by atoms with Crippen LogP contribution in [-0.2, 0) is 0 Å². The molecule has 0 saturated heterocycles. The Kier molecular flexibility index (Phi) is 2.76. The minimum Gasteiger partial charge on any atom is -0.374 e. The van der Waals surface area contributed by atoms with E-state index in [1.54, 1.807) is 6.07 Å². The molecule has 0 bridgehead atoms. The summed E-state index contributed by atoms with van der Waals surface area (Å²) in [6.45, 7) is 1.91. The van der Waals surface area contributed by atoms with E-state index in [1.807, 2.05) is 54.2 Å². The van der Waals surface area contributed by atoms with Crippen molar-refractivity contribution < 1.29 is 5.11 Å². The van der Waals surface area contributed by atoms with Crippen molar-refractivity contribution in [3.05, 3.63) is 53.9 Å². The van der Waals surface area contributed by atoms with E-state index in [0.29, 0.717) is 5.56 Å². The molecule has 16 heavy (non-hydrogen) atoms. The van der Waals surface area contributed by atoms with E-state index < -0.39 is 6.10 Å². The third-order valence-corrected chi connectivity index (χ3v) is 2.65. The van der Waals surface area contributed by atoms with Crippen LogP contribution >= 0.6 is 0 Å². The van der Waals surface area contributed by atoms with Crippen LogP contribution in [-0.4, -0.2) is 9.67 Å². The van der Waals surface area contributed by atoms with Crippen molar-refractivity contribution in [2.45, 2.75) is 13.0 Å². The molecule has 3 nitrogen and oxygen atoms in total. The minimum atomic E-state index is -1.06. The predicted octanol–water partition coefficient (Wildman–Crippen LogP) is 2.34. The van der Waals surface area contributed by atoms with E-state index in [-0.39, 0.29) is 0 Å². The van der Waals surface area contributed by atoms with Gasteiger partial charge in [-0.25, -0.2) is 0 Å². The third kappa shape index (κ3) is 1.71. The highest BCUT2D eigenvalue weighted by atomic mass is 16.3. The molecule has 0 saturated carbocycles. The summed E-state index contributed by atoms with van der Waals surface area (Å²) in [5, 5.41) is 18.3. The van der Waals surface area contributed by atoms with Gasteiger partial charge in [-0.15, -0.1) is 0 Å². The van der Waals surface area contributed by atoms with Crippen LogP contribution in [0.3, 0.4) is 0 Å². The molecule has 1 N–H and O–H groups in total. The number of hydrogen-bond donors (Lipinski definition) is 1. The fraction of sp³-hybridized carbons (Fsp3) is 0.154. The van der Waals surface area contributed by atoms with Gasteiger partial charge in [0.1, 0.15) is 0 Å². The van der Waals surface area contributed by atoms with Crippen molar-refractivity contribution in [1.29, 1.82) is 5.26 Å². The first-order valence-electron chi connectivity index (χ1n) is 5.04. The minimum absolute atomic E-state index is 0.661. The first-order valence-corrected chi connectivity index (χ1v) is 5.04. The van der Waals surface area contributed by atoms with Crippen LogP contribution in [0.1, 0.15) is 17.2 Å². The molecule has 0 fully saturated rings. The molecule has 1 aromatic carbocycles. The zero-order chi connectivity index (χ0) is 11.5. The smallest absolute Gasteiger partial charge is 0.166 e. The van der Waals surface area contributed by atoms with Crippen LogP contribution in [0, 0.1) is 18.3 Å². The quantitative estimate of drug-likeness (QED) is 0.777. The molecule has 0 aliphatic heterocycles. The van der Waals surface area contributed by atoms with Crippen molar-refractivity contribution in [1.82, 2.24) is 4.57 Å². The summed E-state index contributed by atoms with van der Waals surface area (Å²) in [5.74, 6) is 0. The molecular formula is C13H12N2O. The number of nitrogens with zero attached hydrogens (tertiary/aromatic N) is 2. The van der Waals surface area contributed by atoms with Crippen LogP contribution in [0.5, 0.6) is 0 Å². The van der Waals surface area contributed by atoms with Crippen LogP contribution in [0.2, 0.25) is 0 Å². The highest BCUT2D eigenvalue weighted by Gasteiger charge is 2.11. The van der Waals surface area contributed by atoms with Crippen molar-refractivity contribution >= 4 is 0 Å². The van der Waals surface area contributed by atoms with Crippen molar-refractivity contribution in [3.63, 3.8) is 0 Å². The maximum absolute atomic E-state index is 9.56. The Labute approximate surface area is 94.2 Å². The van der Waals surface area contributed by atoms with Gasteiger partial charge < -0.3 is 9.67 Å². The molecule has 1 atom stereocenters. The van der Waals surface area contributed by atoms with Gasteiger partial charge in [0.05, 0.1) is 6.07 Å². The highest BCUT2D eigenvalue weighted by Crippen LogP contribution is 2.23. The number of nitriles is 1. The monoisotopic (exact) mass is 212 g/mol. The predicted molar refractivity (Wildman–Crippen MR) is 61.1 cm³/mol. The van der Waals surface area contributed by atoms with Gasteiger partial charge in [0, 0.05) is 18.1 Å². The Morgan fingerprint density at radius 1 is 1.25 bits per heavy atom. The average Bonchev–Trinajstić information content (AvgIpc) is 2.82. The molecule has 1 heterocycles. The largest absolute Gasteiger partial charge is 0.374 e.